The van der Waals surface area contributed by atoms with Crippen LogP contribution in [0.5, 0.6) is 0 Å². The topological polar surface area (TPSA) is 94.0 Å². The predicted octanol–water partition coefficient (Wildman–Crippen LogP) is 1.27. The van der Waals surface area contributed by atoms with E-state index < -0.39 is 0 Å². The Hall–Kier alpha value is -1.89. The van der Waals surface area contributed by atoms with Gasteiger partial charge in [-0.2, -0.15) is 4.98 Å². The van der Waals surface area contributed by atoms with Crippen molar-refractivity contribution in [1.82, 2.24) is 9.97 Å². The standard InChI is InChI=1S/C8H8N4O2S/c1-4-2-14-8(10-4)12-6(13)5-3-15-7(9)11-5/h2-3H,1H3,(H2,9,11)(H,10,12,13). The molecule has 0 bridgehead atoms. The second-order valence-corrected chi connectivity index (χ2v) is 3.71. The van der Waals surface area contributed by atoms with Crippen molar-refractivity contribution in [2.45, 2.75) is 6.92 Å². The van der Waals surface area contributed by atoms with Crippen LogP contribution >= 0.6 is 11.3 Å². The largest absolute Gasteiger partial charge is 0.432 e. The highest BCUT2D eigenvalue weighted by Gasteiger charge is 2.12. The lowest BCUT2D eigenvalue weighted by molar-refractivity contribution is 0.102. The Bertz CT molecular complexity index is 490. The van der Waals surface area contributed by atoms with Crippen LogP contribution < -0.4 is 11.1 Å². The van der Waals surface area contributed by atoms with Crippen molar-refractivity contribution in [2.75, 3.05) is 11.1 Å². The average molecular weight is 224 g/mol. The summed E-state index contributed by atoms with van der Waals surface area (Å²) >= 11 is 1.20. The Morgan fingerprint density at radius 1 is 1.60 bits per heavy atom. The fraction of sp³-hybridized carbons (Fsp3) is 0.125. The number of thiazole rings is 1. The zero-order chi connectivity index (χ0) is 10.8. The van der Waals surface area contributed by atoms with E-state index in [0.717, 1.165) is 0 Å². The molecular formula is C8H8N4O2S. The predicted molar refractivity (Wildman–Crippen MR) is 55.7 cm³/mol. The molecule has 6 nitrogen and oxygen atoms in total. The molecule has 15 heavy (non-hydrogen) atoms. The van der Waals surface area contributed by atoms with Gasteiger partial charge in [-0.3, -0.25) is 10.1 Å². The fourth-order valence-electron chi connectivity index (χ4n) is 0.964. The molecule has 0 atom stereocenters. The number of nitrogens with two attached hydrogens (primary N) is 1. The molecular weight excluding hydrogens is 216 g/mol. The molecule has 0 saturated heterocycles. The van der Waals surface area contributed by atoms with Gasteiger partial charge >= 0.3 is 6.01 Å². The fourth-order valence-corrected chi connectivity index (χ4v) is 1.51. The number of rotatable bonds is 2. The SMILES string of the molecule is Cc1coc(NC(=O)c2csc(N)n2)n1. The quantitative estimate of drug-likeness (QED) is 0.801. The number of hydrogen-bond donors (Lipinski definition) is 2. The zero-order valence-electron chi connectivity index (χ0n) is 7.85. The van der Waals surface area contributed by atoms with E-state index in [-0.39, 0.29) is 17.6 Å². The number of aryl methyl sites for hydroxylation is 1. The van der Waals surface area contributed by atoms with E-state index >= 15 is 0 Å². The molecule has 0 aliphatic heterocycles. The van der Waals surface area contributed by atoms with Crippen LogP contribution in [0.1, 0.15) is 16.2 Å². The average Bonchev–Trinajstić information content (AvgIpc) is 2.75. The third-order valence-electron chi connectivity index (χ3n) is 1.59. The van der Waals surface area contributed by atoms with E-state index in [0.29, 0.717) is 10.8 Å². The highest BCUT2D eigenvalue weighted by molar-refractivity contribution is 7.13. The highest BCUT2D eigenvalue weighted by Crippen LogP contribution is 2.13. The number of amides is 1. The number of oxazole rings is 1. The number of hydrogen-bond acceptors (Lipinski definition) is 6. The second kappa shape index (κ2) is 3.70. The normalized spacial score (nSPS) is 10.2. The van der Waals surface area contributed by atoms with Crippen LogP contribution in [0.3, 0.4) is 0 Å². The molecule has 78 valence electrons. The van der Waals surface area contributed by atoms with Crippen molar-refractivity contribution in [3.63, 3.8) is 0 Å². The van der Waals surface area contributed by atoms with Gasteiger partial charge in [-0.1, -0.05) is 0 Å². The number of anilines is 2. The van der Waals surface area contributed by atoms with Gasteiger partial charge in [0, 0.05) is 5.38 Å². The molecule has 2 aromatic heterocycles. The maximum absolute atomic E-state index is 11.5. The van der Waals surface area contributed by atoms with E-state index in [4.69, 9.17) is 10.2 Å². The number of nitrogens with zero attached hydrogens (tertiary/aromatic N) is 2. The summed E-state index contributed by atoms with van der Waals surface area (Å²) in [5.74, 6) is -0.384. The van der Waals surface area contributed by atoms with Gasteiger partial charge in [0.05, 0.1) is 5.69 Å². The minimum absolute atomic E-state index is 0.157. The van der Waals surface area contributed by atoms with Crippen LogP contribution in [0.2, 0.25) is 0 Å². The molecule has 0 aromatic carbocycles. The van der Waals surface area contributed by atoms with Gasteiger partial charge in [0.2, 0.25) is 0 Å². The van der Waals surface area contributed by atoms with Gasteiger partial charge < -0.3 is 10.2 Å². The van der Waals surface area contributed by atoms with Crippen LogP contribution in [0.15, 0.2) is 16.1 Å². The molecule has 0 spiro atoms. The van der Waals surface area contributed by atoms with Crippen molar-refractivity contribution in [2.24, 2.45) is 0 Å². The first kappa shape index (κ1) is 9.66. The summed E-state index contributed by atoms with van der Waals surface area (Å²) in [5.41, 5.74) is 6.36. The Balaban J connectivity index is 2.10. The molecule has 1 amide bonds. The molecule has 0 aliphatic rings. The lowest BCUT2D eigenvalue weighted by Gasteiger charge is -1.95. The molecule has 2 aromatic rings. The molecule has 0 saturated carbocycles. The first-order valence-electron chi connectivity index (χ1n) is 4.09. The molecule has 2 heterocycles. The Kier molecular flexibility index (Phi) is 2.38. The molecule has 0 unspecified atom stereocenters. The van der Waals surface area contributed by atoms with Crippen LogP contribution in [0, 0.1) is 6.92 Å². The summed E-state index contributed by atoms with van der Waals surface area (Å²) in [4.78, 5) is 19.3. The summed E-state index contributed by atoms with van der Waals surface area (Å²) in [7, 11) is 0. The monoisotopic (exact) mass is 224 g/mol. The van der Waals surface area contributed by atoms with Gasteiger partial charge in [0.25, 0.3) is 5.91 Å². The molecule has 7 heteroatoms. The van der Waals surface area contributed by atoms with E-state index in [1.165, 1.54) is 17.6 Å². The van der Waals surface area contributed by atoms with Crippen molar-refractivity contribution in [3.05, 3.63) is 23.0 Å². The van der Waals surface area contributed by atoms with Crippen LogP contribution in [-0.2, 0) is 0 Å². The molecule has 2 rings (SSSR count). The van der Waals surface area contributed by atoms with Gasteiger partial charge in [-0.15, -0.1) is 11.3 Å². The van der Waals surface area contributed by atoms with Gasteiger partial charge in [0.1, 0.15) is 12.0 Å². The number of carbonyl (C=O) groups is 1. The minimum atomic E-state index is -0.384. The molecule has 0 aliphatic carbocycles. The highest BCUT2D eigenvalue weighted by atomic mass is 32.1. The third-order valence-corrected chi connectivity index (χ3v) is 2.27. The minimum Gasteiger partial charge on any atom is -0.432 e. The second-order valence-electron chi connectivity index (χ2n) is 2.82. The number of nitrogens with one attached hydrogen (secondary N) is 1. The third kappa shape index (κ3) is 2.13. The number of carbonyl (C=O) groups excluding carboxylic acids is 1. The summed E-state index contributed by atoms with van der Waals surface area (Å²) in [6.07, 6.45) is 1.45. The zero-order valence-corrected chi connectivity index (χ0v) is 8.67. The van der Waals surface area contributed by atoms with E-state index in [1.54, 1.807) is 12.3 Å². The lowest BCUT2D eigenvalue weighted by atomic mass is 10.5. The first-order chi connectivity index (χ1) is 7.15. The first-order valence-corrected chi connectivity index (χ1v) is 4.97. The lowest BCUT2D eigenvalue weighted by Crippen LogP contribution is -2.12. The van der Waals surface area contributed by atoms with Crippen LogP contribution in [-0.4, -0.2) is 15.9 Å². The molecule has 3 N–H and O–H groups in total. The molecule has 0 radical (unpaired) electrons. The number of nitrogen functional groups attached to an aromatic ring is 1. The van der Waals surface area contributed by atoms with Crippen LogP contribution in [0.4, 0.5) is 11.1 Å². The summed E-state index contributed by atoms with van der Waals surface area (Å²) in [6.45, 7) is 1.76. The van der Waals surface area contributed by atoms with Crippen molar-refractivity contribution >= 4 is 28.4 Å². The van der Waals surface area contributed by atoms with Gasteiger partial charge in [0.15, 0.2) is 5.13 Å². The summed E-state index contributed by atoms with van der Waals surface area (Å²) < 4.78 is 4.96. The Morgan fingerprint density at radius 2 is 2.40 bits per heavy atom. The number of aromatic nitrogens is 2. The van der Waals surface area contributed by atoms with Gasteiger partial charge in [-0.05, 0) is 6.92 Å². The molecule has 0 fully saturated rings. The van der Waals surface area contributed by atoms with Crippen molar-refractivity contribution in [1.29, 1.82) is 0 Å². The van der Waals surface area contributed by atoms with E-state index in [9.17, 15) is 4.79 Å². The summed E-state index contributed by atoms with van der Waals surface area (Å²) in [5, 5.41) is 4.38. The summed E-state index contributed by atoms with van der Waals surface area (Å²) in [6, 6.07) is 0.157. The van der Waals surface area contributed by atoms with Crippen LogP contribution in [0.25, 0.3) is 0 Å². The Morgan fingerprint density at radius 3 is 2.93 bits per heavy atom. The van der Waals surface area contributed by atoms with Crippen molar-refractivity contribution in [3.8, 4) is 0 Å². The maximum Gasteiger partial charge on any atom is 0.301 e. The van der Waals surface area contributed by atoms with E-state index in [2.05, 4.69) is 15.3 Å². The van der Waals surface area contributed by atoms with Crippen molar-refractivity contribution < 1.29 is 9.21 Å². The van der Waals surface area contributed by atoms with E-state index in [1.807, 2.05) is 0 Å². The maximum atomic E-state index is 11.5. The Labute approximate surface area is 89.1 Å². The smallest absolute Gasteiger partial charge is 0.301 e. The van der Waals surface area contributed by atoms with Gasteiger partial charge in [-0.25, -0.2) is 4.98 Å².